The lowest BCUT2D eigenvalue weighted by atomic mass is 10.0. The van der Waals surface area contributed by atoms with Crippen LogP contribution in [-0.2, 0) is 11.2 Å². The number of hydrogen-bond donors (Lipinski definition) is 1. The van der Waals surface area contributed by atoms with Gasteiger partial charge < -0.3 is 10.2 Å². The summed E-state index contributed by atoms with van der Waals surface area (Å²) in [6, 6.07) is 6.23. The molecule has 3 nitrogen and oxygen atoms in total. The van der Waals surface area contributed by atoms with Gasteiger partial charge in [0.1, 0.15) is 0 Å². The minimum atomic E-state index is 0.189. The molecule has 1 N–H and O–H groups in total. The van der Waals surface area contributed by atoms with Crippen LogP contribution in [0.2, 0.25) is 0 Å². The molecule has 0 aromatic heterocycles. The number of nitrogens with one attached hydrogen (secondary N) is 1. The molecule has 0 bridgehead atoms. The summed E-state index contributed by atoms with van der Waals surface area (Å²) < 4.78 is 0. The van der Waals surface area contributed by atoms with Gasteiger partial charge in [0.2, 0.25) is 5.91 Å². The summed E-state index contributed by atoms with van der Waals surface area (Å²) in [5.41, 5.74) is 3.62. The zero-order chi connectivity index (χ0) is 13.5. The Bertz CT molecular complexity index is 401. The third-order valence-corrected chi connectivity index (χ3v) is 3.27. The van der Waals surface area contributed by atoms with Gasteiger partial charge in [0.25, 0.3) is 0 Å². The van der Waals surface area contributed by atoms with E-state index in [1.54, 1.807) is 0 Å². The van der Waals surface area contributed by atoms with Crippen LogP contribution in [0.4, 0.5) is 0 Å². The summed E-state index contributed by atoms with van der Waals surface area (Å²) in [5, 5.41) is 3.09. The number of nitrogens with zero attached hydrogens (tertiary/aromatic N) is 1. The van der Waals surface area contributed by atoms with Crippen LogP contribution >= 0.6 is 0 Å². The molecule has 0 aliphatic rings. The predicted octanol–water partition coefficient (Wildman–Crippen LogP) is 1.91. The smallest absolute Gasteiger partial charge is 0.226 e. The number of likely N-dealkylation sites (N-methyl/N-ethyl adjacent to an activating group) is 1. The van der Waals surface area contributed by atoms with Crippen LogP contribution in [0.1, 0.15) is 23.1 Å². The van der Waals surface area contributed by atoms with Gasteiger partial charge in [0.15, 0.2) is 0 Å². The Morgan fingerprint density at radius 1 is 1.28 bits per heavy atom. The molecule has 0 spiro atoms. The number of rotatable bonds is 6. The molecule has 1 amide bonds. The lowest BCUT2D eigenvalue weighted by Gasteiger charge is -2.17. The normalized spacial score (nSPS) is 10.4. The van der Waals surface area contributed by atoms with Crippen molar-refractivity contribution >= 4 is 5.91 Å². The molecule has 0 aliphatic carbocycles. The van der Waals surface area contributed by atoms with Gasteiger partial charge in [-0.1, -0.05) is 18.2 Å². The van der Waals surface area contributed by atoms with Crippen molar-refractivity contribution in [2.24, 2.45) is 0 Å². The van der Waals surface area contributed by atoms with Gasteiger partial charge in [0.05, 0.1) is 6.42 Å². The van der Waals surface area contributed by atoms with E-state index in [1.807, 2.05) is 25.1 Å². The van der Waals surface area contributed by atoms with Gasteiger partial charge in [-0.25, -0.2) is 0 Å². The van der Waals surface area contributed by atoms with Crippen LogP contribution in [-0.4, -0.2) is 38.0 Å². The van der Waals surface area contributed by atoms with Crippen molar-refractivity contribution in [3.63, 3.8) is 0 Å². The van der Waals surface area contributed by atoms with Gasteiger partial charge in [0, 0.05) is 13.6 Å². The lowest BCUT2D eigenvalue weighted by molar-refractivity contribution is -0.129. The predicted molar refractivity (Wildman–Crippen MR) is 75.8 cm³/mol. The molecule has 1 rings (SSSR count). The first-order valence-corrected chi connectivity index (χ1v) is 6.49. The maximum absolute atomic E-state index is 12.0. The van der Waals surface area contributed by atoms with Crippen molar-refractivity contribution in [1.82, 2.24) is 10.2 Å². The van der Waals surface area contributed by atoms with Gasteiger partial charge in [-0.05, 0) is 50.6 Å². The highest BCUT2D eigenvalue weighted by molar-refractivity contribution is 5.78. The number of amides is 1. The lowest BCUT2D eigenvalue weighted by Crippen LogP contribution is -2.30. The highest BCUT2D eigenvalue weighted by atomic mass is 16.2. The number of carbonyl (C=O) groups is 1. The first kappa shape index (κ1) is 14.7. The van der Waals surface area contributed by atoms with E-state index in [0.717, 1.165) is 25.1 Å². The van der Waals surface area contributed by atoms with Crippen molar-refractivity contribution in [2.75, 3.05) is 27.2 Å². The van der Waals surface area contributed by atoms with E-state index in [2.05, 4.69) is 31.3 Å². The van der Waals surface area contributed by atoms with Crippen LogP contribution < -0.4 is 5.32 Å². The molecule has 3 heteroatoms. The van der Waals surface area contributed by atoms with Gasteiger partial charge >= 0.3 is 0 Å². The summed E-state index contributed by atoms with van der Waals surface area (Å²) in [4.78, 5) is 13.8. The monoisotopic (exact) mass is 248 g/mol. The largest absolute Gasteiger partial charge is 0.345 e. The van der Waals surface area contributed by atoms with Gasteiger partial charge in [-0.15, -0.1) is 0 Å². The number of aryl methyl sites for hydroxylation is 2. The van der Waals surface area contributed by atoms with E-state index in [1.165, 1.54) is 11.1 Å². The van der Waals surface area contributed by atoms with E-state index in [0.29, 0.717) is 6.42 Å². The highest BCUT2D eigenvalue weighted by Crippen LogP contribution is 2.11. The van der Waals surface area contributed by atoms with Gasteiger partial charge in [-0.3, -0.25) is 4.79 Å². The molecular weight excluding hydrogens is 224 g/mol. The Hall–Kier alpha value is -1.35. The first-order chi connectivity index (χ1) is 8.54. The number of hydrogen-bond acceptors (Lipinski definition) is 2. The quantitative estimate of drug-likeness (QED) is 0.780. The summed E-state index contributed by atoms with van der Waals surface area (Å²) in [7, 11) is 3.80. The summed E-state index contributed by atoms with van der Waals surface area (Å²) in [6.45, 7) is 5.93. The molecule has 0 radical (unpaired) electrons. The van der Waals surface area contributed by atoms with E-state index in [9.17, 15) is 4.79 Å². The number of carbonyl (C=O) groups excluding carboxylic acids is 1. The Morgan fingerprint density at radius 2 is 2.00 bits per heavy atom. The van der Waals surface area contributed by atoms with Crippen LogP contribution in [0.15, 0.2) is 18.2 Å². The second-order valence-corrected chi connectivity index (χ2v) is 4.87. The van der Waals surface area contributed by atoms with Crippen LogP contribution in [0.5, 0.6) is 0 Å². The van der Waals surface area contributed by atoms with Crippen LogP contribution in [0, 0.1) is 13.8 Å². The van der Waals surface area contributed by atoms with Crippen LogP contribution in [0.25, 0.3) is 0 Å². The summed E-state index contributed by atoms with van der Waals surface area (Å²) >= 11 is 0. The second-order valence-electron chi connectivity index (χ2n) is 4.87. The van der Waals surface area contributed by atoms with E-state index in [4.69, 9.17) is 0 Å². The third-order valence-electron chi connectivity index (χ3n) is 3.27. The standard InChI is InChI=1S/C15H24N2O/c1-12-6-7-14(10-13(12)2)11-15(18)17(4)9-5-8-16-3/h6-7,10,16H,5,8-9,11H2,1-4H3. The van der Waals surface area contributed by atoms with Crippen molar-refractivity contribution < 1.29 is 4.79 Å². The van der Waals surface area contributed by atoms with Crippen molar-refractivity contribution in [1.29, 1.82) is 0 Å². The fourth-order valence-electron chi connectivity index (χ4n) is 1.84. The van der Waals surface area contributed by atoms with Crippen molar-refractivity contribution in [3.05, 3.63) is 34.9 Å². The average Bonchev–Trinajstić information content (AvgIpc) is 2.34. The number of benzene rings is 1. The zero-order valence-electron chi connectivity index (χ0n) is 11.9. The highest BCUT2D eigenvalue weighted by Gasteiger charge is 2.09. The molecular formula is C15H24N2O. The third kappa shape index (κ3) is 4.49. The maximum Gasteiger partial charge on any atom is 0.226 e. The minimum Gasteiger partial charge on any atom is -0.345 e. The summed E-state index contributed by atoms with van der Waals surface area (Å²) in [6.07, 6.45) is 1.49. The molecule has 0 unspecified atom stereocenters. The molecule has 1 aromatic carbocycles. The minimum absolute atomic E-state index is 0.189. The molecule has 1 aromatic rings. The fourth-order valence-corrected chi connectivity index (χ4v) is 1.84. The second kappa shape index (κ2) is 7.17. The van der Waals surface area contributed by atoms with Crippen LogP contribution in [0.3, 0.4) is 0 Å². The summed E-state index contributed by atoms with van der Waals surface area (Å²) in [5.74, 6) is 0.189. The van der Waals surface area contributed by atoms with Crippen molar-refractivity contribution in [2.45, 2.75) is 26.7 Å². The molecule has 0 saturated heterocycles. The Balaban J connectivity index is 2.50. The molecule has 0 fully saturated rings. The Morgan fingerprint density at radius 3 is 2.61 bits per heavy atom. The molecule has 0 saturated carbocycles. The van der Waals surface area contributed by atoms with Crippen molar-refractivity contribution in [3.8, 4) is 0 Å². The maximum atomic E-state index is 12.0. The molecule has 0 heterocycles. The Kier molecular flexibility index (Phi) is 5.86. The van der Waals surface area contributed by atoms with Gasteiger partial charge in [-0.2, -0.15) is 0 Å². The van der Waals surface area contributed by atoms with E-state index in [-0.39, 0.29) is 5.91 Å². The average molecular weight is 248 g/mol. The Labute approximate surface area is 110 Å². The molecule has 0 aliphatic heterocycles. The van der Waals surface area contributed by atoms with E-state index >= 15 is 0 Å². The molecule has 100 valence electrons. The zero-order valence-corrected chi connectivity index (χ0v) is 11.9. The molecule has 0 atom stereocenters. The van der Waals surface area contributed by atoms with E-state index < -0.39 is 0 Å². The molecule has 18 heavy (non-hydrogen) atoms. The topological polar surface area (TPSA) is 32.3 Å². The fraction of sp³-hybridized carbons (Fsp3) is 0.533. The SMILES string of the molecule is CNCCCN(C)C(=O)Cc1ccc(C)c(C)c1. The first-order valence-electron chi connectivity index (χ1n) is 6.49.